The fourth-order valence-electron chi connectivity index (χ4n) is 2.46. The second-order valence-electron chi connectivity index (χ2n) is 4.78. The molecule has 0 radical (unpaired) electrons. The molecular weight excluding hydrogens is 246 g/mol. The van der Waals surface area contributed by atoms with Crippen molar-refractivity contribution in [1.29, 1.82) is 0 Å². The van der Waals surface area contributed by atoms with Crippen LogP contribution in [0.5, 0.6) is 0 Å². The minimum Gasteiger partial charge on any atom is -0.388 e. The molecule has 0 saturated heterocycles. The third-order valence-electron chi connectivity index (χ3n) is 3.56. The molecule has 3 heteroatoms. The first-order chi connectivity index (χ1) is 8.75. The molecule has 0 amide bonds. The molecule has 2 nitrogen and oxygen atoms in total. The van der Waals surface area contributed by atoms with Gasteiger partial charge in [-0.3, -0.25) is 0 Å². The van der Waals surface area contributed by atoms with Crippen molar-refractivity contribution in [1.82, 2.24) is 4.98 Å². The summed E-state index contributed by atoms with van der Waals surface area (Å²) in [6.45, 7) is 0. The van der Waals surface area contributed by atoms with Gasteiger partial charge in [-0.25, -0.2) is 4.98 Å². The van der Waals surface area contributed by atoms with Crippen molar-refractivity contribution in [3.05, 3.63) is 64.9 Å². The molecule has 1 heterocycles. The highest BCUT2D eigenvalue weighted by Crippen LogP contribution is 2.53. The SMILES string of the molecule is OC(c1ccc(Cl)nc1)C1CC1c1ccccc1. The van der Waals surface area contributed by atoms with Gasteiger partial charge in [-0.15, -0.1) is 0 Å². The Balaban J connectivity index is 1.73. The predicted octanol–water partition coefficient (Wildman–Crippen LogP) is 3.57. The van der Waals surface area contributed by atoms with Crippen LogP contribution < -0.4 is 0 Å². The van der Waals surface area contributed by atoms with E-state index in [0.29, 0.717) is 17.0 Å². The topological polar surface area (TPSA) is 33.1 Å². The molecule has 1 N–H and O–H groups in total. The summed E-state index contributed by atoms with van der Waals surface area (Å²) in [5.41, 5.74) is 2.16. The van der Waals surface area contributed by atoms with Crippen LogP contribution in [0.1, 0.15) is 29.6 Å². The Kier molecular flexibility index (Phi) is 3.06. The average molecular weight is 260 g/mol. The van der Waals surface area contributed by atoms with E-state index in [2.05, 4.69) is 17.1 Å². The van der Waals surface area contributed by atoms with Gasteiger partial charge in [0.05, 0.1) is 6.10 Å². The Morgan fingerprint density at radius 1 is 1.17 bits per heavy atom. The summed E-state index contributed by atoms with van der Waals surface area (Å²) in [4.78, 5) is 4.01. The van der Waals surface area contributed by atoms with Crippen molar-refractivity contribution in [3.8, 4) is 0 Å². The van der Waals surface area contributed by atoms with Crippen molar-refractivity contribution >= 4 is 11.6 Å². The van der Waals surface area contributed by atoms with E-state index in [9.17, 15) is 5.11 Å². The van der Waals surface area contributed by atoms with Crippen molar-refractivity contribution in [3.63, 3.8) is 0 Å². The van der Waals surface area contributed by atoms with Crippen LogP contribution in [0, 0.1) is 5.92 Å². The Hall–Kier alpha value is -1.38. The molecule has 1 aliphatic rings. The van der Waals surface area contributed by atoms with Crippen molar-refractivity contribution in [2.75, 3.05) is 0 Å². The minimum atomic E-state index is -0.444. The molecule has 1 aliphatic carbocycles. The largest absolute Gasteiger partial charge is 0.388 e. The van der Waals surface area contributed by atoms with Crippen LogP contribution in [0.3, 0.4) is 0 Å². The number of halogens is 1. The molecule has 1 aromatic carbocycles. The van der Waals surface area contributed by atoms with E-state index in [4.69, 9.17) is 11.6 Å². The highest BCUT2D eigenvalue weighted by molar-refractivity contribution is 6.29. The van der Waals surface area contributed by atoms with Crippen LogP contribution in [-0.4, -0.2) is 10.1 Å². The number of hydrogen-bond donors (Lipinski definition) is 1. The third-order valence-corrected chi connectivity index (χ3v) is 3.79. The second kappa shape index (κ2) is 4.71. The number of pyridine rings is 1. The third kappa shape index (κ3) is 2.26. The molecule has 3 unspecified atom stereocenters. The molecule has 3 atom stereocenters. The highest BCUT2D eigenvalue weighted by atomic mass is 35.5. The van der Waals surface area contributed by atoms with E-state index in [0.717, 1.165) is 12.0 Å². The first-order valence-electron chi connectivity index (χ1n) is 6.10. The standard InChI is InChI=1S/C15H14ClNO/c16-14-7-6-11(9-17-14)15(18)13-8-12(13)10-4-2-1-3-5-10/h1-7,9,12-13,15,18H,8H2. The minimum absolute atomic E-state index is 0.301. The zero-order valence-corrected chi connectivity index (χ0v) is 10.6. The number of benzene rings is 1. The van der Waals surface area contributed by atoms with Gasteiger partial charge >= 0.3 is 0 Å². The summed E-state index contributed by atoms with van der Waals surface area (Å²) >= 11 is 5.74. The number of aliphatic hydroxyl groups excluding tert-OH is 1. The van der Waals surface area contributed by atoms with E-state index in [1.807, 2.05) is 24.3 Å². The molecule has 0 bridgehead atoms. The fraction of sp³-hybridized carbons (Fsp3) is 0.267. The van der Waals surface area contributed by atoms with Gasteiger partial charge in [-0.1, -0.05) is 48.0 Å². The summed E-state index contributed by atoms with van der Waals surface area (Å²) < 4.78 is 0. The molecule has 18 heavy (non-hydrogen) atoms. The summed E-state index contributed by atoms with van der Waals surface area (Å²) in [7, 11) is 0. The molecular formula is C15H14ClNO. The highest BCUT2D eigenvalue weighted by Gasteiger charge is 2.43. The van der Waals surface area contributed by atoms with Gasteiger partial charge < -0.3 is 5.11 Å². The summed E-state index contributed by atoms with van der Waals surface area (Å²) in [6.07, 6.45) is 2.25. The van der Waals surface area contributed by atoms with Gasteiger partial charge in [-0.2, -0.15) is 0 Å². The lowest BCUT2D eigenvalue weighted by atomic mass is 10.0. The molecule has 0 aliphatic heterocycles. The number of nitrogens with zero attached hydrogens (tertiary/aromatic N) is 1. The van der Waals surface area contributed by atoms with E-state index in [1.165, 1.54) is 5.56 Å². The average Bonchev–Trinajstić information content (AvgIpc) is 3.20. The molecule has 3 rings (SSSR count). The lowest BCUT2D eigenvalue weighted by molar-refractivity contribution is 0.151. The summed E-state index contributed by atoms with van der Waals surface area (Å²) in [5, 5.41) is 10.8. The summed E-state index contributed by atoms with van der Waals surface area (Å²) in [6, 6.07) is 13.9. The zero-order chi connectivity index (χ0) is 12.5. The van der Waals surface area contributed by atoms with E-state index in [-0.39, 0.29) is 0 Å². The molecule has 92 valence electrons. The zero-order valence-electron chi connectivity index (χ0n) is 9.83. The monoisotopic (exact) mass is 259 g/mol. The van der Waals surface area contributed by atoms with Crippen molar-refractivity contribution < 1.29 is 5.11 Å². The van der Waals surface area contributed by atoms with E-state index in [1.54, 1.807) is 12.3 Å². The number of aromatic nitrogens is 1. The second-order valence-corrected chi connectivity index (χ2v) is 5.16. The Morgan fingerprint density at radius 3 is 2.61 bits per heavy atom. The van der Waals surface area contributed by atoms with Gasteiger partial charge in [0.25, 0.3) is 0 Å². The van der Waals surface area contributed by atoms with Crippen LogP contribution in [-0.2, 0) is 0 Å². The predicted molar refractivity (Wildman–Crippen MR) is 71.5 cm³/mol. The maximum Gasteiger partial charge on any atom is 0.129 e. The molecule has 2 aromatic rings. The lowest BCUT2D eigenvalue weighted by Crippen LogP contribution is -2.01. The summed E-state index contributed by atoms with van der Waals surface area (Å²) in [5.74, 6) is 0.771. The smallest absolute Gasteiger partial charge is 0.129 e. The van der Waals surface area contributed by atoms with Crippen molar-refractivity contribution in [2.45, 2.75) is 18.4 Å². The molecule has 1 aromatic heterocycles. The van der Waals surface area contributed by atoms with Crippen LogP contribution in [0.2, 0.25) is 5.15 Å². The van der Waals surface area contributed by atoms with Gasteiger partial charge in [0, 0.05) is 6.20 Å². The van der Waals surface area contributed by atoms with Gasteiger partial charge in [0.15, 0.2) is 0 Å². The van der Waals surface area contributed by atoms with Gasteiger partial charge in [0.1, 0.15) is 5.15 Å². The fourth-order valence-corrected chi connectivity index (χ4v) is 2.57. The maximum atomic E-state index is 10.3. The van der Waals surface area contributed by atoms with E-state index >= 15 is 0 Å². The first kappa shape index (κ1) is 11.7. The van der Waals surface area contributed by atoms with Crippen molar-refractivity contribution in [2.24, 2.45) is 5.92 Å². The number of hydrogen-bond acceptors (Lipinski definition) is 2. The normalized spacial score (nSPS) is 23.7. The van der Waals surface area contributed by atoms with Gasteiger partial charge in [0.2, 0.25) is 0 Å². The number of aliphatic hydroxyl groups is 1. The van der Waals surface area contributed by atoms with Crippen LogP contribution >= 0.6 is 11.6 Å². The first-order valence-corrected chi connectivity index (χ1v) is 6.48. The van der Waals surface area contributed by atoms with Crippen LogP contribution in [0.15, 0.2) is 48.7 Å². The Labute approximate surface area is 111 Å². The lowest BCUT2D eigenvalue weighted by Gasteiger charge is -2.10. The Bertz CT molecular complexity index is 526. The van der Waals surface area contributed by atoms with Crippen LogP contribution in [0.25, 0.3) is 0 Å². The van der Waals surface area contributed by atoms with E-state index < -0.39 is 6.10 Å². The quantitative estimate of drug-likeness (QED) is 0.855. The van der Waals surface area contributed by atoms with Gasteiger partial charge in [-0.05, 0) is 35.4 Å². The molecule has 0 spiro atoms. The number of rotatable bonds is 3. The molecule has 1 saturated carbocycles. The maximum absolute atomic E-state index is 10.3. The Morgan fingerprint density at radius 2 is 1.94 bits per heavy atom. The van der Waals surface area contributed by atoms with Crippen LogP contribution in [0.4, 0.5) is 0 Å². The molecule has 1 fully saturated rings.